The Bertz CT molecular complexity index is 568. The highest BCUT2D eigenvalue weighted by molar-refractivity contribution is 5.03. The fraction of sp³-hybridized carbons (Fsp3) is 0.900. The molecule has 36 heavy (non-hydrogen) atoms. The Labute approximate surface area is 222 Å². The second kappa shape index (κ2) is 23.2. The summed E-state index contributed by atoms with van der Waals surface area (Å²) < 4.78 is 1.75. The zero-order chi connectivity index (χ0) is 26.3. The number of aliphatic hydroxyl groups is 3. The second-order valence-electron chi connectivity index (χ2n) is 10.9. The van der Waals surface area contributed by atoms with E-state index in [4.69, 9.17) is 5.11 Å². The van der Waals surface area contributed by atoms with Crippen LogP contribution >= 0.6 is 0 Å². The molecular weight excluding hydrogens is 450 g/mol. The van der Waals surface area contributed by atoms with Crippen molar-refractivity contribution in [3.63, 3.8) is 0 Å². The van der Waals surface area contributed by atoms with E-state index in [1.54, 1.807) is 4.68 Å². The lowest BCUT2D eigenvalue weighted by molar-refractivity contribution is 0.0567. The van der Waals surface area contributed by atoms with Crippen LogP contribution in [0.4, 0.5) is 0 Å². The van der Waals surface area contributed by atoms with E-state index in [9.17, 15) is 10.2 Å². The molecular formula is C30H59N3O3. The topological polar surface area (TPSA) is 81.8 Å². The molecule has 0 aromatic carbocycles. The van der Waals surface area contributed by atoms with Gasteiger partial charge in [0.1, 0.15) is 0 Å². The van der Waals surface area contributed by atoms with Crippen LogP contribution in [0.15, 0.2) is 12.4 Å². The smallest absolute Gasteiger partial charge is 0.0667 e. The fourth-order valence-corrected chi connectivity index (χ4v) is 4.98. The van der Waals surface area contributed by atoms with Gasteiger partial charge in [-0.2, -0.15) is 5.10 Å². The van der Waals surface area contributed by atoms with Crippen molar-refractivity contribution in [2.75, 3.05) is 19.7 Å². The van der Waals surface area contributed by atoms with Crippen LogP contribution < -0.4 is 0 Å². The van der Waals surface area contributed by atoms with Gasteiger partial charge in [-0.15, -0.1) is 0 Å². The Morgan fingerprint density at radius 3 is 1.61 bits per heavy atom. The first kappa shape index (κ1) is 33.1. The molecule has 1 aromatic rings. The number of hydrogen-bond donors (Lipinski definition) is 3. The van der Waals surface area contributed by atoms with Crippen molar-refractivity contribution < 1.29 is 15.3 Å². The maximum atomic E-state index is 10.7. The van der Waals surface area contributed by atoms with Crippen molar-refractivity contribution in [2.45, 2.75) is 155 Å². The average molecular weight is 510 g/mol. The molecule has 0 saturated heterocycles. The minimum atomic E-state index is -0.368. The van der Waals surface area contributed by atoms with Gasteiger partial charge in [-0.05, 0) is 12.8 Å². The quantitative estimate of drug-likeness (QED) is 0.125. The minimum absolute atomic E-state index is 0.0689. The standard InChI is InChI=1S/C30H59N3O3/c1-3-5-7-9-11-13-15-17-19-29(35)26-32(24-28-23-31-33(25-28)21-22-34)27-30(36)20-18-16-14-12-10-8-6-4-2/h23,25,29-30,34-36H,3-22,24,26-27H2,1-2H3/t29-,30+. The Balaban J connectivity index is 2.38. The van der Waals surface area contributed by atoms with Crippen LogP contribution in [0.25, 0.3) is 0 Å². The zero-order valence-corrected chi connectivity index (χ0v) is 23.8. The van der Waals surface area contributed by atoms with Crippen molar-refractivity contribution in [3.05, 3.63) is 18.0 Å². The Morgan fingerprint density at radius 2 is 1.17 bits per heavy atom. The largest absolute Gasteiger partial charge is 0.394 e. The van der Waals surface area contributed by atoms with Crippen LogP contribution in [0.1, 0.15) is 135 Å². The molecule has 0 amide bonds. The summed E-state index contributed by atoms with van der Waals surface area (Å²) in [7, 11) is 0. The van der Waals surface area contributed by atoms with Crippen molar-refractivity contribution in [2.24, 2.45) is 0 Å². The van der Waals surface area contributed by atoms with Gasteiger partial charge in [-0.1, -0.05) is 117 Å². The first-order valence-electron chi connectivity index (χ1n) is 15.3. The number of rotatable bonds is 26. The number of nitrogens with zero attached hydrogens (tertiary/aromatic N) is 3. The van der Waals surface area contributed by atoms with Crippen LogP contribution in [-0.4, -0.2) is 61.9 Å². The summed E-state index contributed by atoms with van der Waals surface area (Å²) in [4.78, 5) is 2.19. The van der Waals surface area contributed by atoms with Crippen molar-refractivity contribution in [1.29, 1.82) is 0 Å². The molecule has 1 heterocycles. The van der Waals surface area contributed by atoms with E-state index in [2.05, 4.69) is 23.8 Å². The van der Waals surface area contributed by atoms with Crippen LogP contribution in [-0.2, 0) is 13.1 Å². The first-order chi connectivity index (χ1) is 17.6. The summed E-state index contributed by atoms with van der Waals surface area (Å²) in [6, 6.07) is 0. The lowest BCUT2D eigenvalue weighted by atomic mass is 10.0. The summed E-state index contributed by atoms with van der Waals surface area (Å²) in [6.45, 7) is 6.88. The Hall–Kier alpha value is -0.950. The van der Waals surface area contributed by atoms with Gasteiger partial charge in [0.15, 0.2) is 0 Å². The molecule has 0 aliphatic heterocycles. The van der Waals surface area contributed by atoms with Crippen LogP contribution in [0.2, 0.25) is 0 Å². The van der Waals surface area contributed by atoms with E-state index < -0.39 is 0 Å². The SMILES string of the molecule is CCCCCCCCCC[C@@H](O)CN(Cc1cnn(CCO)c1)C[C@@H](O)CCCCCCCCCC. The predicted octanol–water partition coefficient (Wildman–Crippen LogP) is 6.46. The van der Waals surface area contributed by atoms with E-state index in [1.807, 2.05) is 12.4 Å². The van der Waals surface area contributed by atoms with E-state index >= 15 is 0 Å². The van der Waals surface area contributed by atoms with Crippen molar-refractivity contribution >= 4 is 0 Å². The Morgan fingerprint density at radius 1 is 0.722 bits per heavy atom. The summed E-state index contributed by atoms with van der Waals surface area (Å²) in [5, 5.41) is 34.9. The lowest BCUT2D eigenvalue weighted by Crippen LogP contribution is -2.37. The first-order valence-corrected chi connectivity index (χ1v) is 15.3. The van der Waals surface area contributed by atoms with Gasteiger partial charge in [0.05, 0.1) is 31.6 Å². The number of unbranched alkanes of at least 4 members (excludes halogenated alkanes) is 14. The van der Waals surface area contributed by atoms with E-state index in [0.29, 0.717) is 26.2 Å². The summed E-state index contributed by atoms with van der Waals surface area (Å²) in [5.41, 5.74) is 1.06. The molecule has 1 rings (SSSR count). The molecule has 6 heteroatoms. The van der Waals surface area contributed by atoms with Gasteiger partial charge < -0.3 is 15.3 Å². The normalized spacial score (nSPS) is 13.5. The van der Waals surface area contributed by atoms with Gasteiger partial charge in [0, 0.05) is 31.4 Å². The van der Waals surface area contributed by atoms with Crippen molar-refractivity contribution in [1.82, 2.24) is 14.7 Å². The highest BCUT2D eigenvalue weighted by Gasteiger charge is 2.17. The van der Waals surface area contributed by atoms with Gasteiger partial charge in [-0.3, -0.25) is 9.58 Å². The third-order valence-electron chi connectivity index (χ3n) is 7.14. The van der Waals surface area contributed by atoms with Gasteiger partial charge in [0.2, 0.25) is 0 Å². The molecule has 3 N–H and O–H groups in total. The van der Waals surface area contributed by atoms with Crippen LogP contribution in [0, 0.1) is 0 Å². The van der Waals surface area contributed by atoms with E-state index in [1.165, 1.54) is 89.9 Å². The molecule has 0 spiro atoms. The highest BCUT2D eigenvalue weighted by atomic mass is 16.3. The number of aromatic nitrogens is 2. The minimum Gasteiger partial charge on any atom is -0.394 e. The molecule has 0 bridgehead atoms. The molecule has 212 valence electrons. The summed E-state index contributed by atoms with van der Waals surface area (Å²) in [6.07, 6.45) is 25.0. The van der Waals surface area contributed by atoms with E-state index in [0.717, 1.165) is 31.2 Å². The molecule has 0 fully saturated rings. The second-order valence-corrected chi connectivity index (χ2v) is 10.9. The predicted molar refractivity (Wildman–Crippen MR) is 151 cm³/mol. The Kier molecular flexibility index (Phi) is 21.3. The molecule has 0 unspecified atom stereocenters. The van der Waals surface area contributed by atoms with Gasteiger partial charge in [0.25, 0.3) is 0 Å². The molecule has 0 aliphatic carbocycles. The maximum Gasteiger partial charge on any atom is 0.0667 e. The van der Waals surface area contributed by atoms with Gasteiger partial charge >= 0.3 is 0 Å². The van der Waals surface area contributed by atoms with E-state index in [-0.39, 0.29) is 18.8 Å². The summed E-state index contributed by atoms with van der Waals surface area (Å²) >= 11 is 0. The molecule has 0 saturated carbocycles. The fourth-order valence-electron chi connectivity index (χ4n) is 4.98. The van der Waals surface area contributed by atoms with Crippen LogP contribution in [0.5, 0.6) is 0 Å². The summed E-state index contributed by atoms with van der Waals surface area (Å²) in [5.74, 6) is 0. The highest BCUT2D eigenvalue weighted by Crippen LogP contribution is 2.15. The zero-order valence-electron chi connectivity index (χ0n) is 23.8. The maximum absolute atomic E-state index is 10.7. The lowest BCUT2D eigenvalue weighted by Gasteiger charge is -2.27. The molecule has 1 aromatic heterocycles. The monoisotopic (exact) mass is 509 g/mol. The molecule has 2 atom stereocenters. The number of hydrogen-bond acceptors (Lipinski definition) is 5. The third kappa shape index (κ3) is 18.3. The average Bonchev–Trinajstić information content (AvgIpc) is 3.29. The molecule has 0 aliphatic rings. The van der Waals surface area contributed by atoms with Gasteiger partial charge in [-0.25, -0.2) is 0 Å². The van der Waals surface area contributed by atoms with Crippen LogP contribution in [0.3, 0.4) is 0 Å². The third-order valence-corrected chi connectivity index (χ3v) is 7.14. The molecule has 0 radical (unpaired) electrons. The van der Waals surface area contributed by atoms with Crippen molar-refractivity contribution in [3.8, 4) is 0 Å². The number of aliphatic hydroxyl groups excluding tert-OH is 3. The molecule has 6 nitrogen and oxygen atoms in total.